The summed E-state index contributed by atoms with van der Waals surface area (Å²) >= 11 is 0. The van der Waals surface area contributed by atoms with E-state index in [1.54, 1.807) is 0 Å². The van der Waals surface area contributed by atoms with E-state index < -0.39 is 5.97 Å². The Morgan fingerprint density at radius 3 is 2.50 bits per heavy atom. The number of carboxylic acid groups (broad SMARTS) is 1. The molecule has 0 amide bonds. The van der Waals surface area contributed by atoms with Crippen molar-refractivity contribution in [1.82, 2.24) is 0 Å². The van der Waals surface area contributed by atoms with E-state index >= 15 is 0 Å². The van der Waals surface area contributed by atoms with Gasteiger partial charge in [0.2, 0.25) is 0 Å². The average Bonchev–Trinajstić information content (AvgIpc) is 2.75. The zero-order chi connectivity index (χ0) is 9.76. The zero-order valence-corrected chi connectivity index (χ0v) is 7.81. The molecule has 0 unspecified atom stereocenters. The summed E-state index contributed by atoms with van der Waals surface area (Å²) in [5, 5.41) is 9.00. The van der Waals surface area contributed by atoms with Gasteiger partial charge in [0, 0.05) is 0 Å². The van der Waals surface area contributed by atoms with Gasteiger partial charge in [-0.3, -0.25) is 4.79 Å². The van der Waals surface area contributed by atoms with Crippen LogP contribution >= 0.6 is 0 Å². The van der Waals surface area contributed by atoms with Gasteiger partial charge in [-0.2, -0.15) is 0 Å². The number of benzene rings is 1. The Balaban J connectivity index is 1.80. The number of aliphatic carboxylic acids is 1. The van der Waals surface area contributed by atoms with E-state index in [9.17, 15) is 4.79 Å². The maximum Gasteiger partial charge on any atom is 0.309 e. The quantitative estimate of drug-likeness (QED) is 0.773. The van der Waals surface area contributed by atoms with Crippen LogP contribution in [0.4, 0.5) is 0 Å². The molecule has 0 aliphatic heterocycles. The lowest BCUT2D eigenvalue weighted by molar-refractivity contribution is -0.147. The Bertz CT molecular complexity index is 385. The molecule has 14 heavy (non-hydrogen) atoms. The van der Waals surface area contributed by atoms with Gasteiger partial charge in [-0.25, -0.2) is 0 Å². The van der Waals surface area contributed by atoms with E-state index in [2.05, 4.69) is 12.1 Å². The first-order valence-corrected chi connectivity index (χ1v) is 5.02. The Morgan fingerprint density at radius 1 is 1.29 bits per heavy atom. The molecule has 0 bridgehead atoms. The molecule has 2 aliphatic rings. The van der Waals surface area contributed by atoms with Gasteiger partial charge >= 0.3 is 5.97 Å². The molecule has 2 aliphatic carbocycles. The summed E-state index contributed by atoms with van der Waals surface area (Å²) in [6.07, 6.45) is 1.74. The second-order valence-corrected chi connectivity index (χ2v) is 4.49. The van der Waals surface area contributed by atoms with Gasteiger partial charge < -0.3 is 5.11 Å². The van der Waals surface area contributed by atoms with E-state index in [-0.39, 0.29) is 5.41 Å². The average molecular weight is 188 g/mol. The molecule has 2 nitrogen and oxygen atoms in total. The smallest absolute Gasteiger partial charge is 0.309 e. The maximum absolute atomic E-state index is 10.9. The second-order valence-electron chi connectivity index (χ2n) is 4.49. The van der Waals surface area contributed by atoms with Crippen LogP contribution in [0, 0.1) is 11.3 Å². The summed E-state index contributed by atoms with van der Waals surface area (Å²) < 4.78 is 0. The molecule has 1 N–H and O–H groups in total. The number of hydrogen-bond acceptors (Lipinski definition) is 1. The van der Waals surface area contributed by atoms with Crippen molar-refractivity contribution < 1.29 is 9.90 Å². The predicted molar refractivity (Wildman–Crippen MR) is 52.0 cm³/mol. The fraction of sp³-hybridized carbons (Fsp3) is 0.417. The van der Waals surface area contributed by atoms with Crippen molar-refractivity contribution in [3.8, 4) is 0 Å². The maximum atomic E-state index is 10.9. The lowest BCUT2D eigenvalue weighted by Crippen LogP contribution is -2.31. The second kappa shape index (κ2) is 2.38. The molecule has 1 aromatic carbocycles. The summed E-state index contributed by atoms with van der Waals surface area (Å²) in [4.78, 5) is 10.9. The third-order valence-corrected chi connectivity index (χ3v) is 3.86. The molecular weight excluding hydrogens is 176 g/mol. The highest BCUT2D eigenvalue weighted by atomic mass is 16.4. The first kappa shape index (κ1) is 8.04. The van der Waals surface area contributed by atoms with Gasteiger partial charge in [0.1, 0.15) is 0 Å². The molecule has 0 saturated heterocycles. The third-order valence-electron chi connectivity index (χ3n) is 3.86. The van der Waals surface area contributed by atoms with Gasteiger partial charge in [0.25, 0.3) is 0 Å². The molecule has 1 aromatic rings. The van der Waals surface area contributed by atoms with Crippen LogP contribution in [0.1, 0.15) is 24.3 Å². The van der Waals surface area contributed by atoms with E-state index in [1.165, 1.54) is 5.56 Å². The number of carbonyl (C=O) groups is 1. The molecular formula is C12H12O2. The molecule has 2 saturated carbocycles. The zero-order valence-electron chi connectivity index (χ0n) is 7.81. The topological polar surface area (TPSA) is 37.3 Å². The normalized spacial score (nSPS) is 38.3. The Kier molecular flexibility index (Phi) is 1.37. The van der Waals surface area contributed by atoms with Crippen LogP contribution < -0.4 is 0 Å². The van der Waals surface area contributed by atoms with E-state index in [0.717, 1.165) is 12.8 Å². The van der Waals surface area contributed by atoms with Gasteiger partial charge in [-0.15, -0.1) is 0 Å². The van der Waals surface area contributed by atoms with Crippen molar-refractivity contribution in [2.45, 2.75) is 18.8 Å². The fourth-order valence-corrected chi connectivity index (χ4v) is 2.85. The van der Waals surface area contributed by atoms with Gasteiger partial charge in [-0.05, 0) is 30.2 Å². The number of fused-ring (bicyclic) bond motifs is 1. The van der Waals surface area contributed by atoms with Crippen LogP contribution in [0.5, 0.6) is 0 Å². The van der Waals surface area contributed by atoms with Crippen molar-refractivity contribution in [1.29, 1.82) is 0 Å². The monoisotopic (exact) mass is 188 g/mol. The summed E-state index contributed by atoms with van der Waals surface area (Å²) in [6.45, 7) is 0. The van der Waals surface area contributed by atoms with E-state index in [1.807, 2.05) is 18.2 Å². The predicted octanol–water partition coefficient (Wildman–Crippen LogP) is 2.26. The van der Waals surface area contributed by atoms with Crippen LogP contribution in [0.15, 0.2) is 30.3 Å². The van der Waals surface area contributed by atoms with Gasteiger partial charge in [-0.1, -0.05) is 30.3 Å². The number of carboxylic acids is 1. The highest BCUT2D eigenvalue weighted by Crippen LogP contribution is 2.73. The molecule has 2 heteroatoms. The number of rotatable bonds is 2. The van der Waals surface area contributed by atoms with Crippen LogP contribution in [0.3, 0.4) is 0 Å². The SMILES string of the molecule is O=C(O)[C@]12C[C@H](c3ccccc3)[C@H]1C2. The minimum absolute atomic E-state index is 0.319. The molecule has 3 rings (SSSR count). The highest BCUT2D eigenvalue weighted by Gasteiger charge is 2.71. The van der Waals surface area contributed by atoms with Crippen LogP contribution in [0.2, 0.25) is 0 Å². The Hall–Kier alpha value is -1.31. The van der Waals surface area contributed by atoms with Crippen LogP contribution in [-0.4, -0.2) is 11.1 Å². The minimum atomic E-state index is -0.588. The Morgan fingerprint density at radius 2 is 2.00 bits per heavy atom. The number of hydrogen-bond donors (Lipinski definition) is 1. The lowest BCUT2D eigenvalue weighted by Gasteiger charge is -2.31. The van der Waals surface area contributed by atoms with Gasteiger partial charge in [0.15, 0.2) is 0 Å². The molecule has 2 fully saturated rings. The van der Waals surface area contributed by atoms with Crippen molar-refractivity contribution in [3.05, 3.63) is 35.9 Å². The van der Waals surface area contributed by atoms with Crippen molar-refractivity contribution in [2.24, 2.45) is 11.3 Å². The van der Waals surface area contributed by atoms with Gasteiger partial charge in [0.05, 0.1) is 5.41 Å². The summed E-state index contributed by atoms with van der Waals surface area (Å²) in [5.41, 5.74) is 0.993. The highest BCUT2D eigenvalue weighted by molar-refractivity contribution is 5.81. The molecule has 3 atom stereocenters. The minimum Gasteiger partial charge on any atom is -0.481 e. The van der Waals surface area contributed by atoms with E-state index in [0.29, 0.717) is 11.8 Å². The molecule has 0 spiro atoms. The largest absolute Gasteiger partial charge is 0.481 e. The molecule has 0 radical (unpaired) electrons. The summed E-state index contributed by atoms with van der Waals surface area (Å²) in [5.74, 6) is 0.337. The summed E-state index contributed by atoms with van der Waals surface area (Å²) in [6, 6.07) is 10.3. The molecule has 0 heterocycles. The lowest BCUT2D eigenvalue weighted by atomic mass is 9.71. The van der Waals surface area contributed by atoms with Crippen molar-refractivity contribution in [2.75, 3.05) is 0 Å². The molecule has 72 valence electrons. The fourth-order valence-electron chi connectivity index (χ4n) is 2.85. The van der Waals surface area contributed by atoms with Crippen molar-refractivity contribution >= 4 is 5.97 Å². The summed E-state index contributed by atoms with van der Waals surface area (Å²) in [7, 11) is 0. The van der Waals surface area contributed by atoms with Crippen molar-refractivity contribution in [3.63, 3.8) is 0 Å². The first-order valence-electron chi connectivity index (χ1n) is 5.02. The first-order chi connectivity index (χ1) is 6.74. The molecule has 0 aromatic heterocycles. The van der Waals surface area contributed by atoms with Crippen LogP contribution in [-0.2, 0) is 4.79 Å². The third kappa shape index (κ3) is 0.834. The standard InChI is InChI=1S/C12H12O2/c13-11(14)12-6-9(10(12)7-12)8-4-2-1-3-5-8/h1-5,9-10H,6-7H2,(H,13,14)/t9-,10-,12+/m1/s1. The van der Waals surface area contributed by atoms with E-state index in [4.69, 9.17) is 5.11 Å². The van der Waals surface area contributed by atoms with Crippen LogP contribution in [0.25, 0.3) is 0 Å². The Labute approximate surface area is 82.6 Å².